The average molecular weight is 339 g/mol. The van der Waals surface area contributed by atoms with Gasteiger partial charge in [-0.3, -0.25) is 9.99 Å². The maximum absolute atomic E-state index is 6.28. The molecule has 0 bridgehead atoms. The number of aromatic nitrogens is 3. The minimum Gasteiger partial charge on any atom is -0.280 e. The van der Waals surface area contributed by atoms with E-state index in [9.17, 15) is 0 Å². The van der Waals surface area contributed by atoms with Gasteiger partial charge < -0.3 is 0 Å². The Labute approximate surface area is 151 Å². The van der Waals surface area contributed by atoms with Crippen LogP contribution in [0.25, 0.3) is 22.6 Å². The highest BCUT2D eigenvalue weighted by Gasteiger charge is 2.07. The molecule has 2 N–H and O–H groups in total. The Morgan fingerprint density at radius 1 is 0.577 bits per heavy atom. The molecule has 26 heavy (non-hydrogen) atoms. The van der Waals surface area contributed by atoms with Gasteiger partial charge in [0.25, 0.3) is 0 Å². The summed E-state index contributed by atoms with van der Waals surface area (Å²) in [5.74, 6) is 6.98. The molecule has 0 saturated carbocycles. The molecule has 2 aromatic carbocycles. The summed E-state index contributed by atoms with van der Waals surface area (Å²) in [6.45, 7) is 0. The predicted octanol–water partition coefficient (Wildman–Crippen LogP) is 4.22. The molecule has 0 radical (unpaired) electrons. The second-order valence-corrected chi connectivity index (χ2v) is 5.75. The van der Waals surface area contributed by atoms with E-state index in [4.69, 9.17) is 5.84 Å². The first-order valence-corrected chi connectivity index (χ1v) is 8.25. The summed E-state index contributed by atoms with van der Waals surface area (Å²) < 4.78 is 0. The predicted molar refractivity (Wildman–Crippen MR) is 103 cm³/mol. The highest BCUT2D eigenvalue weighted by Crippen LogP contribution is 2.26. The molecule has 0 fully saturated rings. The molecule has 4 rings (SSSR count). The summed E-state index contributed by atoms with van der Waals surface area (Å²) in [4.78, 5) is 12.9. The van der Waals surface area contributed by atoms with Crippen LogP contribution in [0.15, 0.2) is 91.4 Å². The van der Waals surface area contributed by atoms with Crippen molar-refractivity contribution in [2.24, 2.45) is 5.84 Å². The van der Waals surface area contributed by atoms with Crippen molar-refractivity contribution in [1.82, 2.24) is 15.0 Å². The lowest BCUT2D eigenvalue weighted by Gasteiger charge is -2.19. The zero-order valence-corrected chi connectivity index (χ0v) is 14.0. The van der Waals surface area contributed by atoms with Crippen LogP contribution in [0.4, 0.5) is 11.4 Å². The van der Waals surface area contributed by atoms with Gasteiger partial charge in [-0.05, 0) is 54.6 Å². The topological polar surface area (TPSA) is 67.9 Å². The van der Waals surface area contributed by atoms with E-state index >= 15 is 0 Å². The maximum Gasteiger partial charge on any atom is 0.159 e. The van der Waals surface area contributed by atoms with Gasteiger partial charge in [-0.1, -0.05) is 18.2 Å². The Kier molecular flexibility index (Phi) is 4.37. The first-order chi connectivity index (χ1) is 12.8. The number of anilines is 2. The fourth-order valence-corrected chi connectivity index (χ4v) is 2.69. The summed E-state index contributed by atoms with van der Waals surface area (Å²) in [5, 5.41) is 1.65. The summed E-state index contributed by atoms with van der Waals surface area (Å²) in [7, 11) is 0. The molecule has 0 aliphatic rings. The van der Waals surface area contributed by atoms with Crippen LogP contribution in [0.3, 0.4) is 0 Å². The molecule has 2 aromatic heterocycles. The molecular weight excluding hydrogens is 322 g/mol. The first kappa shape index (κ1) is 15.9. The average Bonchev–Trinajstić information content (AvgIpc) is 2.75. The van der Waals surface area contributed by atoms with Crippen molar-refractivity contribution in [3.8, 4) is 22.6 Å². The van der Waals surface area contributed by atoms with Crippen molar-refractivity contribution in [3.63, 3.8) is 0 Å². The lowest BCUT2D eigenvalue weighted by molar-refractivity contribution is 1.09. The number of pyridine rings is 1. The summed E-state index contributed by atoms with van der Waals surface area (Å²) in [5.41, 5.74) is 4.73. The largest absolute Gasteiger partial charge is 0.280 e. The summed E-state index contributed by atoms with van der Waals surface area (Å²) >= 11 is 0. The molecule has 0 saturated heterocycles. The van der Waals surface area contributed by atoms with Gasteiger partial charge in [0.05, 0.1) is 17.1 Å². The zero-order chi connectivity index (χ0) is 17.8. The number of hydrazine groups is 1. The van der Waals surface area contributed by atoms with Crippen molar-refractivity contribution in [3.05, 3.63) is 91.4 Å². The number of benzene rings is 2. The minimum atomic E-state index is 0.697. The van der Waals surface area contributed by atoms with E-state index in [1.165, 1.54) is 0 Å². The van der Waals surface area contributed by atoms with E-state index in [0.29, 0.717) is 5.82 Å². The number of rotatable bonds is 4. The fraction of sp³-hybridized carbons (Fsp3) is 0. The van der Waals surface area contributed by atoms with Gasteiger partial charge in [0.15, 0.2) is 5.82 Å². The quantitative estimate of drug-likeness (QED) is 0.445. The highest BCUT2D eigenvalue weighted by atomic mass is 15.4. The third-order valence-electron chi connectivity index (χ3n) is 4.08. The van der Waals surface area contributed by atoms with Crippen LogP contribution in [0.1, 0.15) is 0 Å². The number of nitrogens with two attached hydrogens (primary N) is 1. The molecular formula is C21H17N5. The Hall–Kier alpha value is -3.57. The second kappa shape index (κ2) is 7.13. The smallest absolute Gasteiger partial charge is 0.159 e. The molecule has 0 atom stereocenters. The van der Waals surface area contributed by atoms with Crippen molar-refractivity contribution in [2.75, 3.05) is 5.01 Å². The molecule has 2 heterocycles. The fourth-order valence-electron chi connectivity index (χ4n) is 2.69. The van der Waals surface area contributed by atoms with Crippen molar-refractivity contribution in [1.29, 1.82) is 0 Å². The molecule has 5 heteroatoms. The minimum absolute atomic E-state index is 0.697. The van der Waals surface area contributed by atoms with Crippen molar-refractivity contribution >= 4 is 11.4 Å². The number of hydrogen-bond donors (Lipinski definition) is 1. The normalized spacial score (nSPS) is 10.5. The van der Waals surface area contributed by atoms with Crippen LogP contribution in [-0.2, 0) is 0 Å². The van der Waals surface area contributed by atoms with Gasteiger partial charge >= 0.3 is 0 Å². The Morgan fingerprint density at radius 2 is 1.15 bits per heavy atom. The Balaban J connectivity index is 1.55. The number of hydrogen-bond acceptors (Lipinski definition) is 5. The van der Waals surface area contributed by atoms with Crippen LogP contribution in [0.5, 0.6) is 0 Å². The standard InChI is InChI=1S/C21H17N5/c22-26(18-9-5-16(6-10-18)20-4-1-2-13-23-20)19-11-7-17(8-12-19)21-24-14-3-15-25-21/h1-15H,22H2. The van der Waals surface area contributed by atoms with E-state index in [2.05, 4.69) is 15.0 Å². The highest BCUT2D eigenvalue weighted by molar-refractivity contribution is 5.69. The van der Waals surface area contributed by atoms with Gasteiger partial charge in [-0.2, -0.15) is 0 Å². The molecule has 5 nitrogen and oxygen atoms in total. The molecule has 0 unspecified atom stereocenters. The van der Waals surface area contributed by atoms with Crippen LogP contribution < -0.4 is 10.9 Å². The SMILES string of the molecule is NN(c1ccc(-c2ccccn2)cc1)c1ccc(-c2ncccn2)cc1. The molecule has 4 aromatic rings. The molecule has 0 amide bonds. The first-order valence-electron chi connectivity index (χ1n) is 8.25. The van der Waals surface area contributed by atoms with E-state index < -0.39 is 0 Å². The Morgan fingerprint density at radius 3 is 1.73 bits per heavy atom. The van der Waals surface area contributed by atoms with Crippen molar-refractivity contribution in [2.45, 2.75) is 0 Å². The van der Waals surface area contributed by atoms with Crippen molar-refractivity contribution < 1.29 is 0 Å². The number of nitrogens with zero attached hydrogens (tertiary/aromatic N) is 4. The molecule has 126 valence electrons. The lowest BCUT2D eigenvalue weighted by Crippen LogP contribution is -2.24. The van der Waals surface area contributed by atoms with Gasteiger partial charge in [-0.25, -0.2) is 15.8 Å². The van der Waals surface area contributed by atoms with E-state index in [0.717, 1.165) is 28.2 Å². The Bertz CT molecular complexity index is 885. The van der Waals surface area contributed by atoms with Gasteiger partial charge in [0, 0.05) is 29.7 Å². The second-order valence-electron chi connectivity index (χ2n) is 5.75. The van der Waals surface area contributed by atoms with Crippen LogP contribution >= 0.6 is 0 Å². The molecule has 0 spiro atoms. The van der Waals surface area contributed by atoms with E-state index in [1.807, 2.05) is 66.7 Å². The summed E-state index contributed by atoms with van der Waals surface area (Å²) in [6, 6.07) is 23.5. The van der Waals surface area contributed by atoms with E-state index in [1.54, 1.807) is 29.7 Å². The monoisotopic (exact) mass is 339 g/mol. The van der Waals surface area contributed by atoms with Gasteiger partial charge in [0.1, 0.15) is 0 Å². The maximum atomic E-state index is 6.28. The van der Waals surface area contributed by atoms with Crippen LogP contribution in [-0.4, -0.2) is 15.0 Å². The third-order valence-corrected chi connectivity index (χ3v) is 4.08. The van der Waals surface area contributed by atoms with E-state index in [-0.39, 0.29) is 0 Å². The molecule has 0 aliphatic carbocycles. The zero-order valence-electron chi connectivity index (χ0n) is 14.0. The lowest BCUT2D eigenvalue weighted by atomic mass is 10.1. The van der Waals surface area contributed by atoms with Crippen LogP contribution in [0.2, 0.25) is 0 Å². The van der Waals surface area contributed by atoms with Crippen LogP contribution in [0, 0.1) is 0 Å². The van der Waals surface area contributed by atoms with Gasteiger partial charge in [-0.15, -0.1) is 0 Å². The summed E-state index contributed by atoms with van der Waals surface area (Å²) in [6.07, 6.45) is 5.25. The molecule has 0 aliphatic heterocycles. The van der Waals surface area contributed by atoms with Gasteiger partial charge in [0.2, 0.25) is 0 Å². The third kappa shape index (κ3) is 3.29.